The first-order chi connectivity index (χ1) is 10.6. The Morgan fingerprint density at radius 2 is 2.27 bits per heavy atom. The van der Waals surface area contributed by atoms with E-state index in [9.17, 15) is 9.59 Å². The highest BCUT2D eigenvalue weighted by atomic mass is 32.1. The minimum absolute atomic E-state index is 0.145. The van der Waals surface area contributed by atoms with Crippen molar-refractivity contribution in [3.63, 3.8) is 0 Å². The quantitative estimate of drug-likeness (QED) is 0.875. The normalized spacial score (nSPS) is 17.5. The van der Waals surface area contributed by atoms with Gasteiger partial charge in [-0.2, -0.15) is 0 Å². The average Bonchev–Trinajstić information content (AvgIpc) is 3.19. The van der Waals surface area contributed by atoms with E-state index in [1.54, 1.807) is 0 Å². The summed E-state index contributed by atoms with van der Waals surface area (Å²) >= 11 is 2.40. The minimum atomic E-state index is -1.03. The number of hydrogen-bond acceptors (Lipinski definition) is 6. The Kier molecular flexibility index (Phi) is 4.51. The zero-order valence-corrected chi connectivity index (χ0v) is 13.2. The second-order valence-corrected chi connectivity index (χ2v) is 6.81. The van der Waals surface area contributed by atoms with Crippen LogP contribution in [0, 0.1) is 5.92 Å². The molecule has 22 heavy (non-hydrogen) atoms. The average molecular weight is 338 g/mol. The molecule has 1 aliphatic heterocycles. The molecule has 2 aromatic rings. The predicted octanol–water partition coefficient (Wildman–Crippen LogP) is 2.73. The number of nitrogens with one attached hydrogen (secondary N) is 1. The summed E-state index contributed by atoms with van der Waals surface area (Å²) in [6.45, 7) is 1.58. The summed E-state index contributed by atoms with van der Waals surface area (Å²) < 4.78 is 5.34. The van der Waals surface area contributed by atoms with Crippen LogP contribution >= 0.6 is 22.7 Å². The number of ether oxygens (including phenoxy) is 1. The van der Waals surface area contributed by atoms with E-state index in [1.807, 2.05) is 5.38 Å². The lowest BCUT2D eigenvalue weighted by Crippen LogP contribution is -2.11. The third-order valence-corrected chi connectivity index (χ3v) is 5.09. The topological polar surface area (TPSA) is 88.5 Å². The molecule has 1 aliphatic rings. The molecule has 0 aliphatic carbocycles. The van der Waals surface area contributed by atoms with Gasteiger partial charge in [-0.1, -0.05) is 0 Å². The summed E-state index contributed by atoms with van der Waals surface area (Å²) in [7, 11) is 0. The summed E-state index contributed by atoms with van der Waals surface area (Å²) in [4.78, 5) is 27.4. The second-order valence-electron chi connectivity index (χ2n) is 5.04. The molecule has 0 radical (unpaired) electrons. The van der Waals surface area contributed by atoms with Gasteiger partial charge in [0, 0.05) is 24.0 Å². The van der Waals surface area contributed by atoms with Crippen LogP contribution in [0.25, 0.3) is 0 Å². The van der Waals surface area contributed by atoms with Gasteiger partial charge in [0.25, 0.3) is 5.91 Å². The van der Waals surface area contributed by atoms with Crippen molar-refractivity contribution in [3.05, 3.63) is 33.0 Å². The van der Waals surface area contributed by atoms with Crippen LogP contribution in [0.4, 0.5) is 5.13 Å². The van der Waals surface area contributed by atoms with Crippen molar-refractivity contribution in [1.82, 2.24) is 4.98 Å². The summed E-state index contributed by atoms with van der Waals surface area (Å²) in [5.74, 6) is -0.867. The number of thiazole rings is 1. The maximum atomic E-state index is 12.1. The number of hydrogen-bond donors (Lipinski definition) is 2. The van der Waals surface area contributed by atoms with Crippen LogP contribution in [-0.4, -0.2) is 35.2 Å². The number of nitrogens with zero attached hydrogens (tertiary/aromatic N) is 1. The van der Waals surface area contributed by atoms with Crippen molar-refractivity contribution in [2.45, 2.75) is 12.8 Å². The number of carboxylic acids is 1. The van der Waals surface area contributed by atoms with Gasteiger partial charge in [0.1, 0.15) is 4.88 Å². The van der Waals surface area contributed by atoms with Gasteiger partial charge in [-0.25, -0.2) is 9.78 Å². The number of aromatic carboxylic acids is 1. The highest BCUT2D eigenvalue weighted by Gasteiger charge is 2.18. The van der Waals surface area contributed by atoms with Gasteiger partial charge in [0.2, 0.25) is 0 Å². The fourth-order valence-corrected chi connectivity index (χ4v) is 3.68. The molecule has 3 rings (SSSR count). The number of rotatable bonds is 5. The molecule has 8 heteroatoms. The Balaban J connectivity index is 1.61. The molecule has 1 amide bonds. The highest BCUT2D eigenvalue weighted by Crippen LogP contribution is 2.23. The van der Waals surface area contributed by atoms with E-state index >= 15 is 0 Å². The Morgan fingerprint density at radius 3 is 2.95 bits per heavy atom. The van der Waals surface area contributed by atoms with Gasteiger partial charge in [-0.05, 0) is 24.8 Å². The van der Waals surface area contributed by atoms with Gasteiger partial charge in [-0.15, -0.1) is 22.7 Å². The highest BCUT2D eigenvalue weighted by molar-refractivity contribution is 7.14. The van der Waals surface area contributed by atoms with Crippen LogP contribution in [0.15, 0.2) is 16.8 Å². The molecule has 0 spiro atoms. The number of amides is 1. The van der Waals surface area contributed by atoms with Crippen LogP contribution in [0.1, 0.15) is 32.1 Å². The fraction of sp³-hybridized carbons (Fsp3) is 0.357. The van der Waals surface area contributed by atoms with Crippen LogP contribution < -0.4 is 5.32 Å². The number of carbonyl (C=O) groups excluding carboxylic acids is 1. The maximum Gasteiger partial charge on any atom is 0.345 e. The summed E-state index contributed by atoms with van der Waals surface area (Å²) in [5.41, 5.74) is 1.29. The zero-order valence-electron chi connectivity index (χ0n) is 11.6. The Labute approximate surface area is 134 Å². The van der Waals surface area contributed by atoms with E-state index in [4.69, 9.17) is 9.84 Å². The molecule has 0 aromatic carbocycles. The molecule has 0 bridgehead atoms. The maximum absolute atomic E-state index is 12.1. The van der Waals surface area contributed by atoms with E-state index in [-0.39, 0.29) is 10.8 Å². The summed E-state index contributed by atoms with van der Waals surface area (Å²) in [6, 6.07) is 1.37. The first-order valence-electron chi connectivity index (χ1n) is 6.77. The lowest BCUT2D eigenvalue weighted by Gasteiger charge is -2.03. The molecule has 1 saturated heterocycles. The number of carboxylic acid groups (broad SMARTS) is 1. The van der Waals surface area contributed by atoms with Crippen molar-refractivity contribution < 1.29 is 19.4 Å². The monoisotopic (exact) mass is 338 g/mol. The molecule has 1 unspecified atom stereocenters. The van der Waals surface area contributed by atoms with Crippen LogP contribution in [0.5, 0.6) is 0 Å². The van der Waals surface area contributed by atoms with E-state index in [0.29, 0.717) is 16.6 Å². The molecule has 116 valence electrons. The Morgan fingerprint density at radius 1 is 1.41 bits per heavy atom. The molecular weight excluding hydrogens is 324 g/mol. The first-order valence-corrected chi connectivity index (χ1v) is 8.53. The summed E-state index contributed by atoms with van der Waals surface area (Å²) in [5, 5.41) is 15.6. The molecule has 3 heterocycles. The number of aromatic nitrogens is 1. The summed E-state index contributed by atoms with van der Waals surface area (Å²) in [6.07, 6.45) is 1.90. The lowest BCUT2D eigenvalue weighted by molar-refractivity contribution is 0.0702. The van der Waals surface area contributed by atoms with Gasteiger partial charge in [0.05, 0.1) is 11.3 Å². The zero-order chi connectivity index (χ0) is 15.5. The number of anilines is 1. The van der Waals surface area contributed by atoms with Gasteiger partial charge < -0.3 is 9.84 Å². The standard InChI is InChI=1S/C14H14N2O4S2/c17-12(9-4-11(13(18)19)21-6-9)16-14-15-10(7-22-14)3-8-1-2-20-5-8/h4,6-8H,1-3,5H2,(H,18,19)(H,15,16,17). The van der Waals surface area contributed by atoms with Crippen molar-refractivity contribution in [2.75, 3.05) is 18.5 Å². The SMILES string of the molecule is O=C(Nc1nc(CC2CCOC2)cs1)c1csc(C(=O)O)c1. The molecule has 1 fully saturated rings. The first kappa shape index (κ1) is 15.1. The van der Waals surface area contributed by atoms with Crippen LogP contribution in [0.2, 0.25) is 0 Å². The Bertz CT molecular complexity index is 689. The molecule has 2 aromatic heterocycles. The molecular formula is C14H14N2O4S2. The Hall–Kier alpha value is -1.77. The largest absolute Gasteiger partial charge is 0.477 e. The number of thiophene rings is 1. The lowest BCUT2D eigenvalue weighted by atomic mass is 10.0. The van der Waals surface area contributed by atoms with Crippen LogP contribution in [0.3, 0.4) is 0 Å². The number of carbonyl (C=O) groups is 2. The van der Waals surface area contributed by atoms with Crippen molar-refractivity contribution in [2.24, 2.45) is 5.92 Å². The third-order valence-electron chi connectivity index (χ3n) is 3.37. The smallest absolute Gasteiger partial charge is 0.345 e. The minimum Gasteiger partial charge on any atom is -0.477 e. The molecule has 2 N–H and O–H groups in total. The third kappa shape index (κ3) is 3.52. The van der Waals surface area contributed by atoms with E-state index in [2.05, 4.69) is 10.3 Å². The van der Waals surface area contributed by atoms with Gasteiger partial charge >= 0.3 is 5.97 Å². The van der Waals surface area contributed by atoms with Crippen molar-refractivity contribution in [1.29, 1.82) is 0 Å². The van der Waals surface area contributed by atoms with E-state index < -0.39 is 5.97 Å². The van der Waals surface area contributed by atoms with E-state index in [0.717, 1.165) is 43.1 Å². The van der Waals surface area contributed by atoms with Gasteiger partial charge in [-0.3, -0.25) is 10.1 Å². The predicted molar refractivity (Wildman–Crippen MR) is 84.0 cm³/mol. The molecule has 0 saturated carbocycles. The fourth-order valence-electron chi connectivity index (χ4n) is 2.23. The van der Waals surface area contributed by atoms with E-state index in [1.165, 1.54) is 22.8 Å². The van der Waals surface area contributed by atoms with Crippen LogP contribution in [-0.2, 0) is 11.2 Å². The molecule has 6 nitrogen and oxygen atoms in total. The van der Waals surface area contributed by atoms with Crippen molar-refractivity contribution >= 4 is 39.7 Å². The van der Waals surface area contributed by atoms with Crippen molar-refractivity contribution in [3.8, 4) is 0 Å². The molecule has 1 atom stereocenters. The second kappa shape index (κ2) is 6.55. The van der Waals surface area contributed by atoms with Gasteiger partial charge in [0.15, 0.2) is 5.13 Å².